The quantitative estimate of drug-likeness (QED) is 0.742. The molecule has 1 aromatic heterocycles. The van der Waals surface area contributed by atoms with E-state index in [-0.39, 0.29) is 24.1 Å². The third-order valence-electron chi connectivity index (χ3n) is 5.18. The number of carbonyl (C=O) groups is 1. The summed E-state index contributed by atoms with van der Waals surface area (Å²) in [5.41, 5.74) is 0.891. The van der Waals surface area contributed by atoms with Crippen LogP contribution in [0.4, 0.5) is 5.69 Å². The zero-order valence-corrected chi connectivity index (χ0v) is 15.8. The Morgan fingerprint density at radius 2 is 1.93 bits per heavy atom. The summed E-state index contributed by atoms with van der Waals surface area (Å²) in [4.78, 5) is 27.3. The molecule has 1 aliphatic rings. The molecule has 144 valence electrons. The number of methoxy groups -OCH3 is 1. The van der Waals surface area contributed by atoms with E-state index in [0.29, 0.717) is 5.39 Å². The van der Waals surface area contributed by atoms with Gasteiger partial charge in [-0.3, -0.25) is 9.59 Å². The van der Waals surface area contributed by atoms with Gasteiger partial charge in [-0.2, -0.15) is 0 Å². The Labute approximate surface area is 163 Å². The average molecular weight is 377 g/mol. The molecule has 0 spiro atoms. The fourth-order valence-electron chi connectivity index (χ4n) is 3.77. The smallest absolute Gasteiger partial charge is 0.258 e. The van der Waals surface area contributed by atoms with Crippen molar-refractivity contribution in [3.05, 3.63) is 71.1 Å². The fourth-order valence-corrected chi connectivity index (χ4v) is 3.77. The Morgan fingerprint density at radius 1 is 1.14 bits per heavy atom. The number of hydrogen-bond donors (Lipinski definition) is 1. The Kier molecular flexibility index (Phi) is 5.02. The Bertz CT molecular complexity index is 1060. The van der Waals surface area contributed by atoms with Gasteiger partial charge in [0.15, 0.2) is 0 Å². The molecule has 1 saturated heterocycles. The van der Waals surface area contributed by atoms with E-state index in [1.54, 1.807) is 19.4 Å². The van der Waals surface area contributed by atoms with E-state index < -0.39 is 0 Å². The van der Waals surface area contributed by atoms with Gasteiger partial charge in [-0.05, 0) is 36.1 Å². The number of nitrogens with one attached hydrogen (secondary N) is 1. The lowest BCUT2D eigenvalue weighted by atomic mass is 10.2. The lowest BCUT2D eigenvalue weighted by Crippen LogP contribution is -2.40. The third kappa shape index (κ3) is 3.58. The second-order valence-corrected chi connectivity index (χ2v) is 7.01. The molecule has 1 amide bonds. The molecule has 0 aliphatic carbocycles. The number of amides is 1. The summed E-state index contributed by atoms with van der Waals surface area (Å²) in [6, 6.07) is 17.2. The van der Waals surface area contributed by atoms with Gasteiger partial charge in [-0.25, -0.2) is 0 Å². The summed E-state index contributed by atoms with van der Waals surface area (Å²) in [5.74, 6) is 0.682. The highest BCUT2D eigenvalue weighted by Crippen LogP contribution is 2.30. The van der Waals surface area contributed by atoms with Crippen molar-refractivity contribution >= 4 is 22.4 Å². The van der Waals surface area contributed by atoms with Crippen LogP contribution in [0.2, 0.25) is 0 Å². The van der Waals surface area contributed by atoms with Crippen molar-refractivity contribution in [1.82, 2.24) is 9.88 Å². The molecule has 6 heteroatoms. The van der Waals surface area contributed by atoms with Crippen LogP contribution in [-0.2, 0) is 11.3 Å². The SMILES string of the molecule is COc1ccccc1N1CCC(NC(=O)Cn2ccc3ccccc3c2=O)C1. The van der Waals surface area contributed by atoms with E-state index in [0.717, 1.165) is 36.3 Å². The van der Waals surface area contributed by atoms with Gasteiger partial charge in [0, 0.05) is 30.7 Å². The van der Waals surface area contributed by atoms with E-state index in [2.05, 4.69) is 10.2 Å². The highest BCUT2D eigenvalue weighted by Gasteiger charge is 2.25. The zero-order chi connectivity index (χ0) is 19.5. The first-order chi connectivity index (χ1) is 13.7. The number of ether oxygens (including phenoxy) is 1. The number of para-hydroxylation sites is 2. The lowest BCUT2D eigenvalue weighted by molar-refractivity contribution is -0.122. The molecule has 1 unspecified atom stereocenters. The van der Waals surface area contributed by atoms with Crippen molar-refractivity contribution in [3.63, 3.8) is 0 Å². The second-order valence-electron chi connectivity index (χ2n) is 7.01. The first-order valence-electron chi connectivity index (χ1n) is 9.41. The maximum atomic E-state index is 12.6. The average Bonchev–Trinajstić information content (AvgIpc) is 3.18. The molecule has 2 aromatic carbocycles. The Hall–Kier alpha value is -3.28. The molecule has 1 fully saturated rings. The number of hydrogen-bond acceptors (Lipinski definition) is 4. The molecular weight excluding hydrogens is 354 g/mol. The molecule has 4 rings (SSSR count). The van der Waals surface area contributed by atoms with Gasteiger partial charge in [0.05, 0.1) is 12.8 Å². The number of anilines is 1. The van der Waals surface area contributed by atoms with Crippen LogP contribution in [0.1, 0.15) is 6.42 Å². The maximum absolute atomic E-state index is 12.6. The van der Waals surface area contributed by atoms with Gasteiger partial charge in [0.2, 0.25) is 5.91 Å². The largest absolute Gasteiger partial charge is 0.495 e. The van der Waals surface area contributed by atoms with Gasteiger partial charge in [-0.1, -0.05) is 30.3 Å². The van der Waals surface area contributed by atoms with E-state index in [4.69, 9.17) is 4.74 Å². The molecule has 0 bridgehead atoms. The number of carbonyl (C=O) groups excluding carboxylic acids is 1. The third-order valence-corrected chi connectivity index (χ3v) is 5.18. The Balaban J connectivity index is 1.41. The minimum absolute atomic E-state index is 0.0226. The fraction of sp³-hybridized carbons (Fsp3) is 0.273. The lowest BCUT2D eigenvalue weighted by Gasteiger charge is -2.21. The summed E-state index contributed by atoms with van der Waals surface area (Å²) in [5, 5.41) is 4.57. The van der Waals surface area contributed by atoms with Crippen molar-refractivity contribution in [1.29, 1.82) is 0 Å². The molecule has 0 radical (unpaired) electrons. The van der Waals surface area contributed by atoms with Crippen molar-refractivity contribution in [2.45, 2.75) is 19.0 Å². The van der Waals surface area contributed by atoms with E-state index >= 15 is 0 Å². The van der Waals surface area contributed by atoms with Gasteiger partial charge in [-0.15, -0.1) is 0 Å². The molecule has 28 heavy (non-hydrogen) atoms. The number of benzene rings is 2. The van der Waals surface area contributed by atoms with Crippen LogP contribution < -0.4 is 20.5 Å². The summed E-state index contributed by atoms with van der Waals surface area (Å²) in [6.07, 6.45) is 2.54. The van der Waals surface area contributed by atoms with E-state index in [9.17, 15) is 9.59 Å². The van der Waals surface area contributed by atoms with E-state index in [1.165, 1.54) is 4.57 Å². The first-order valence-corrected chi connectivity index (χ1v) is 9.41. The zero-order valence-electron chi connectivity index (χ0n) is 15.8. The minimum Gasteiger partial charge on any atom is -0.495 e. The van der Waals surface area contributed by atoms with Crippen molar-refractivity contribution in [2.75, 3.05) is 25.1 Å². The molecule has 1 N–H and O–H groups in total. The first kappa shape index (κ1) is 18.1. The predicted octanol–water partition coefficient (Wildman–Crippen LogP) is 2.41. The highest BCUT2D eigenvalue weighted by atomic mass is 16.5. The molecule has 3 aromatic rings. The number of rotatable bonds is 5. The monoisotopic (exact) mass is 377 g/mol. The predicted molar refractivity (Wildman–Crippen MR) is 110 cm³/mol. The van der Waals surface area contributed by atoms with Gasteiger partial charge in [0.1, 0.15) is 12.3 Å². The van der Waals surface area contributed by atoms with Gasteiger partial charge in [0.25, 0.3) is 5.56 Å². The molecular formula is C22H23N3O3. The van der Waals surface area contributed by atoms with Crippen LogP contribution in [-0.4, -0.2) is 36.7 Å². The van der Waals surface area contributed by atoms with Crippen LogP contribution in [0.25, 0.3) is 10.8 Å². The van der Waals surface area contributed by atoms with Crippen molar-refractivity contribution in [3.8, 4) is 5.75 Å². The number of nitrogens with zero attached hydrogens (tertiary/aromatic N) is 2. The van der Waals surface area contributed by atoms with Crippen molar-refractivity contribution < 1.29 is 9.53 Å². The second kappa shape index (κ2) is 7.76. The maximum Gasteiger partial charge on any atom is 0.258 e. The number of fused-ring (bicyclic) bond motifs is 1. The number of aromatic nitrogens is 1. The molecule has 0 saturated carbocycles. The van der Waals surface area contributed by atoms with Gasteiger partial charge >= 0.3 is 0 Å². The summed E-state index contributed by atoms with van der Waals surface area (Å²) < 4.78 is 6.90. The van der Waals surface area contributed by atoms with Crippen molar-refractivity contribution in [2.24, 2.45) is 0 Å². The Morgan fingerprint density at radius 3 is 2.79 bits per heavy atom. The normalized spacial score (nSPS) is 16.3. The summed E-state index contributed by atoms with van der Waals surface area (Å²) in [6.45, 7) is 1.59. The summed E-state index contributed by atoms with van der Waals surface area (Å²) in [7, 11) is 1.66. The van der Waals surface area contributed by atoms with Crippen LogP contribution in [0.5, 0.6) is 5.75 Å². The molecule has 2 heterocycles. The number of pyridine rings is 1. The molecule has 1 aliphatic heterocycles. The molecule has 6 nitrogen and oxygen atoms in total. The highest BCUT2D eigenvalue weighted by molar-refractivity contribution is 5.82. The van der Waals surface area contributed by atoms with Crippen LogP contribution >= 0.6 is 0 Å². The van der Waals surface area contributed by atoms with Crippen LogP contribution in [0.15, 0.2) is 65.6 Å². The van der Waals surface area contributed by atoms with Crippen LogP contribution in [0, 0.1) is 0 Å². The summed E-state index contributed by atoms with van der Waals surface area (Å²) >= 11 is 0. The topological polar surface area (TPSA) is 63.6 Å². The van der Waals surface area contributed by atoms with E-state index in [1.807, 2.05) is 48.5 Å². The van der Waals surface area contributed by atoms with Crippen LogP contribution in [0.3, 0.4) is 0 Å². The molecule has 1 atom stereocenters. The standard InChI is InChI=1S/C22H23N3O3/c1-28-20-9-5-4-8-19(20)24-13-11-17(14-24)23-21(26)15-25-12-10-16-6-2-3-7-18(16)22(25)27/h2-10,12,17H,11,13-15H2,1H3,(H,23,26). The minimum atomic E-state index is -0.149. The van der Waals surface area contributed by atoms with Gasteiger partial charge < -0.3 is 19.5 Å².